The van der Waals surface area contributed by atoms with E-state index in [1.807, 2.05) is 11.8 Å². The predicted octanol–water partition coefficient (Wildman–Crippen LogP) is 2.69. The number of hydrogen-bond donors (Lipinski definition) is 1. The maximum absolute atomic E-state index is 12.7. The molecule has 0 bridgehead atoms. The van der Waals surface area contributed by atoms with Crippen LogP contribution in [0.4, 0.5) is 0 Å². The summed E-state index contributed by atoms with van der Waals surface area (Å²) in [5.74, 6) is 0.805. The standard InChI is InChI=1S/C22H28N6O2/c1-4-6-18(29)27-10-5-7-16(12-27)20-23-21-19(22(30)24-20)25-26-28(21)13-17-11-14(2)8-9-15(17)3/h8-9,11,16H,4-7,10,12-13H2,1-3H3,(H,23,24,30)/t16-/m0/s1. The molecule has 1 atom stereocenters. The van der Waals surface area contributed by atoms with Crippen molar-refractivity contribution in [3.05, 3.63) is 51.1 Å². The molecule has 0 aliphatic carbocycles. The Bertz CT molecular complexity index is 1130. The summed E-state index contributed by atoms with van der Waals surface area (Å²) in [5.41, 5.74) is 3.92. The van der Waals surface area contributed by atoms with Gasteiger partial charge in [0.2, 0.25) is 5.91 Å². The summed E-state index contributed by atoms with van der Waals surface area (Å²) in [6.45, 7) is 7.99. The molecule has 0 spiro atoms. The van der Waals surface area contributed by atoms with Crippen LogP contribution in [0.3, 0.4) is 0 Å². The Balaban J connectivity index is 1.66. The van der Waals surface area contributed by atoms with Crippen LogP contribution in [0.25, 0.3) is 11.2 Å². The van der Waals surface area contributed by atoms with Gasteiger partial charge < -0.3 is 9.88 Å². The monoisotopic (exact) mass is 408 g/mol. The van der Waals surface area contributed by atoms with Gasteiger partial charge >= 0.3 is 0 Å². The van der Waals surface area contributed by atoms with Crippen LogP contribution in [-0.2, 0) is 11.3 Å². The Kier molecular flexibility index (Phi) is 5.65. The van der Waals surface area contributed by atoms with E-state index in [0.29, 0.717) is 31.0 Å². The Morgan fingerprint density at radius 3 is 2.93 bits per heavy atom. The molecule has 1 N–H and O–H groups in total. The van der Waals surface area contributed by atoms with Gasteiger partial charge in [0.25, 0.3) is 5.56 Å². The van der Waals surface area contributed by atoms with Crippen molar-refractivity contribution in [1.29, 1.82) is 0 Å². The van der Waals surface area contributed by atoms with Gasteiger partial charge in [-0.2, -0.15) is 0 Å². The first-order valence-electron chi connectivity index (χ1n) is 10.6. The number of fused-ring (bicyclic) bond motifs is 1. The summed E-state index contributed by atoms with van der Waals surface area (Å²) < 4.78 is 1.69. The summed E-state index contributed by atoms with van der Waals surface area (Å²) in [4.78, 5) is 34.5. The number of nitrogens with zero attached hydrogens (tertiary/aromatic N) is 5. The van der Waals surface area contributed by atoms with E-state index in [9.17, 15) is 9.59 Å². The van der Waals surface area contributed by atoms with Gasteiger partial charge in [-0.05, 0) is 44.2 Å². The molecule has 8 heteroatoms. The largest absolute Gasteiger partial charge is 0.342 e. The third-order valence-corrected chi connectivity index (χ3v) is 5.84. The second kappa shape index (κ2) is 8.38. The lowest BCUT2D eigenvalue weighted by atomic mass is 9.96. The molecule has 0 saturated carbocycles. The predicted molar refractivity (Wildman–Crippen MR) is 114 cm³/mol. The number of H-pyrrole nitrogens is 1. The molecule has 1 saturated heterocycles. The Morgan fingerprint density at radius 2 is 2.13 bits per heavy atom. The molecule has 0 unspecified atom stereocenters. The van der Waals surface area contributed by atoms with E-state index >= 15 is 0 Å². The first-order chi connectivity index (χ1) is 14.5. The van der Waals surface area contributed by atoms with Gasteiger partial charge in [0.1, 0.15) is 5.82 Å². The molecule has 0 radical (unpaired) electrons. The molecule has 1 aliphatic rings. The van der Waals surface area contributed by atoms with E-state index in [4.69, 9.17) is 4.98 Å². The van der Waals surface area contributed by atoms with E-state index in [1.54, 1.807) is 4.68 Å². The number of likely N-dealkylation sites (tertiary alicyclic amines) is 1. The van der Waals surface area contributed by atoms with Gasteiger partial charge in [0, 0.05) is 25.4 Å². The molecule has 1 fully saturated rings. The molecule has 158 valence electrons. The zero-order valence-corrected chi connectivity index (χ0v) is 17.8. The van der Waals surface area contributed by atoms with E-state index in [-0.39, 0.29) is 22.9 Å². The first-order valence-corrected chi connectivity index (χ1v) is 10.6. The van der Waals surface area contributed by atoms with Crippen molar-refractivity contribution in [3.8, 4) is 0 Å². The number of carbonyl (C=O) groups excluding carboxylic acids is 1. The third-order valence-electron chi connectivity index (χ3n) is 5.84. The van der Waals surface area contributed by atoms with E-state index < -0.39 is 0 Å². The highest BCUT2D eigenvalue weighted by Gasteiger charge is 2.27. The highest BCUT2D eigenvalue weighted by atomic mass is 16.2. The lowest BCUT2D eigenvalue weighted by molar-refractivity contribution is -0.132. The number of benzene rings is 1. The topological polar surface area (TPSA) is 96.8 Å². The highest BCUT2D eigenvalue weighted by molar-refractivity contribution is 5.76. The number of hydrogen-bond acceptors (Lipinski definition) is 5. The second-order valence-corrected chi connectivity index (χ2v) is 8.23. The van der Waals surface area contributed by atoms with Crippen molar-refractivity contribution in [3.63, 3.8) is 0 Å². The summed E-state index contributed by atoms with van der Waals surface area (Å²) in [6.07, 6.45) is 3.19. The van der Waals surface area contributed by atoms with E-state index in [1.165, 1.54) is 5.56 Å². The number of aryl methyl sites for hydroxylation is 2. The van der Waals surface area contributed by atoms with Crippen LogP contribution in [0, 0.1) is 13.8 Å². The number of carbonyl (C=O) groups is 1. The van der Waals surface area contributed by atoms with Crippen molar-refractivity contribution < 1.29 is 4.79 Å². The number of rotatable bonds is 5. The Labute approximate surface area is 175 Å². The molecule has 4 rings (SSSR count). The van der Waals surface area contributed by atoms with E-state index in [2.05, 4.69) is 47.3 Å². The van der Waals surface area contributed by atoms with Crippen molar-refractivity contribution in [2.45, 2.75) is 58.9 Å². The molecule has 30 heavy (non-hydrogen) atoms. The van der Waals surface area contributed by atoms with Crippen molar-refractivity contribution in [2.24, 2.45) is 0 Å². The van der Waals surface area contributed by atoms with Crippen molar-refractivity contribution in [1.82, 2.24) is 29.9 Å². The molecule has 3 aromatic rings. The second-order valence-electron chi connectivity index (χ2n) is 8.23. The minimum Gasteiger partial charge on any atom is -0.342 e. The smallest absolute Gasteiger partial charge is 0.281 e. The number of nitrogens with one attached hydrogen (secondary N) is 1. The van der Waals surface area contributed by atoms with Gasteiger partial charge in [-0.25, -0.2) is 9.67 Å². The maximum Gasteiger partial charge on any atom is 0.281 e. The van der Waals surface area contributed by atoms with Crippen LogP contribution < -0.4 is 5.56 Å². The lowest BCUT2D eigenvalue weighted by Crippen LogP contribution is -2.39. The number of aromatic amines is 1. The van der Waals surface area contributed by atoms with Crippen LogP contribution in [0.5, 0.6) is 0 Å². The highest BCUT2D eigenvalue weighted by Crippen LogP contribution is 2.25. The van der Waals surface area contributed by atoms with Gasteiger partial charge in [0.15, 0.2) is 11.2 Å². The van der Waals surface area contributed by atoms with Crippen LogP contribution in [0.15, 0.2) is 23.0 Å². The SMILES string of the molecule is CCCC(=O)N1CCC[C@H](c2nc3c(nnn3Cc3cc(C)ccc3C)c(=O)[nH]2)C1. The quantitative estimate of drug-likeness (QED) is 0.700. The minimum atomic E-state index is -0.278. The molecule has 1 aromatic carbocycles. The number of aromatic nitrogens is 5. The molecular weight excluding hydrogens is 380 g/mol. The number of piperidine rings is 1. The molecule has 8 nitrogen and oxygen atoms in total. The fourth-order valence-corrected chi connectivity index (χ4v) is 4.11. The maximum atomic E-state index is 12.7. The average Bonchev–Trinajstić information content (AvgIpc) is 3.14. The van der Waals surface area contributed by atoms with Crippen LogP contribution >= 0.6 is 0 Å². The van der Waals surface area contributed by atoms with Crippen LogP contribution in [-0.4, -0.2) is 48.9 Å². The van der Waals surface area contributed by atoms with Gasteiger partial charge in [-0.15, -0.1) is 5.10 Å². The summed E-state index contributed by atoms with van der Waals surface area (Å²) >= 11 is 0. The van der Waals surface area contributed by atoms with Crippen LogP contribution in [0.1, 0.15) is 61.0 Å². The third kappa shape index (κ3) is 3.99. The van der Waals surface area contributed by atoms with Gasteiger partial charge in [-0.1, -0.05) is 35.9 Å². The lowest BCUT2D eigenvalue weighted by Gasteiger charge is -2.32. The molecule has 1 amide bonds. The molecule has 3 heterocycles. The summed E-state index contributed by atoms with van der Waals surface area (Å²) in [5, 5.41) is 8.26. The van der Waals surface area contributed by atoms with Crippen molar-refractivity contribution in [2.75, 3.05) is 13.1 Å². The normalized spacial score (nSPS) is 16.9. The Hall–Kier alpha value is -3.03. The minimum absolute atomic E-state index is 0.0145. The van der Waals surface area contributed by atoms with E-state index in [0.717, 1.165) is 36.9 Å². The van der Waals surface area contributed by atoms with Crippen molar-refractivity contribution >= 4 is 17.1 Å². The fraction of sp³-hybridized carbons (Fsp3) is 0.500. The Morgan fingerprint density at radius 1 is 1.30 bits per heavy atom. The average molecular weight is 409 g/mol. The summed E-state index contributed by atoms with van der Waals surface area (Å²) in [6, 6.07) is 6.28. The zero-order valence-electron chi connectivity index (χ0n) is 17.8. The number of amides is 1. The molecular formula is C22H28N6O2. The van der Waals surface area contributed by atoms with Crippen LogP contribution in [0.2, 0.25) is 0 Å². The van der Waals surface area contributed by atoms with Gasteiger partial charge in [-0.3, -0.25) is 9.59 Å². The fourth-order valence-electron chi connectivity index (χ4n) is 4.11. The molecule has 1 aliphatic heterocycles. The summed E-state index contributed by atoms with van der Waals surface area (Å²) in [7, 11) is 0. The zero-order chi connectivity index (χ0) is 21.3. The first kappa shape index (κ1) is 20.3. The molecule has 2 aromatic heterocycles. The van der Waals surface area contributed by atoms with Gasteiger partial charge in [0.05, 0.1) is 6.54 Å².